The number of H-pyrrole nitrogens is 1. The topological polar surface area (TPSA) is 100 Å². The zero-order chi connectivity index (χ0) is 36.7. The number of rotatable bonds is 14. The second kappa shape index (κ2) is 17.2. The summed E-state index contributed by atoms with van der Waals surface area (Å²) in [7, 11) is 2.17. The van der Waals surface area contributed by atoms with E-state index in [1.54, 1.807) is 17.8 Å². The van der Waals surface area contributed by atoms with Gasteiger partial charge in [0.05, 0.1) is 18.2 Å². The number of unbranched alkanes of at least 4 members (excludes halogenated alkanes) is 2. The molecule has 0 radical (unpaired) electrons. The lowest BCUT2D eigenvalue weighted by Gasteiger charge is -2.50. The maximum absolute atomic E-state index is 14.0. The largest absolute Gasteiger partial charge is 0.363 e. The summed E-state index contributed by atoms with van der Waals surface area (Å²) in [5.41, 5.74) is 1.64. The SMILES string of the molecule is CCCCCN(C)C1CCN(P(=O)(Cl)OCC2CN(C(c3ccccc3)(c3ccccc3)c3ccccc3)CC(n3cc(C)c(=O)[nH]c3=O)O2)CC1. The average Bonchev–Trinajstić information content (AvgIpc) is 3.17. The number of halogens is 1. The highest BCUT2D eigenvalue weighted by atomic mass is 35.7. The number of morpholine rings is 1. The van der Waals surface area contributed by atoms with Crippen LogP contribution in [0.3, 0.4) is 0 Å². The predicted molar refractivity (Wildman–Crippen MR) is 207 cm³/mol. The van der Waals surface area contributed by atoms with Gasteiger partial charge in [-0.2, -0.15) is 0 Å². The van der Waals surface area contributed by atoms with E-state index < -0.39 is 36.0 Å². The summed E-state index contributed by atoms with van der Waals surface area (Å²) in [5.74, 6) is 0. The number of hydrogen-bond acceptors (Lipinski definition) is 7. The van der Waals surface area contributed by atoms with Crippen molar-refractivity contribution in [3.63, 3.8) is 0 Å². The first-order valence-corrected chi connectivity index (χ1v) is 20.9. The van der Waals surface area contributed by atoms with Crippen LogP contribution in [0.2, 0.25) is 0 Å². The van der Waals surface area contributed by atoms with Crippen LogP contribution < -0.4 is 11.2 Å². The molecule has 0 amide bonds. The van der Waals surface area contributed by atoms with Crippen LogP contribution in [0.25, 0.3) is 0 Å². The standard InChI is InChI=1S/C40H51ClN5O5P/c1-4-5-15-24-43(3)35-22-25-45(26-23-35)52(41,49)50-30-36-28-44(29-37(51-36)46-27-31(2)38(47)42-39(46)48)40(32-16-9-6-10-17-32,33-18-11-7-12-19-33)34-20-13-8-14-21-34/h6-14,16-21,27,35-37H,4-5,15,22-26,28-30H2,1-3H3,(H,42,47,48). The highest BCUT2D eigenvalue weighted by molar-refractivity contribution is 7.83. The Hall–Kier alpha value is -3.34. The molecule has 12 heteroatoms. The van der Waals surface area contributed by atoms with E-state index in [0.29, 0.717) is 37.8 Å². The Morgan fingerprint density at radius 2 is 1.46 bits per heavy atom. The molecule has 2 aliphatic heterocycles. The van der Waals surface area contributed by atoms with Crippen LogP contribution in [0.4, 0.5) is 0 Å². The summed E-state index contributed by atoms with van der Waals surface area (Å²) < 4.78 is 30.0. The molecule has 2 fully saturated rings. The van der Waals surface area contributed by atoms with Gasteiger partial charge in [0.2, 0.25) is 0 Å². The van der Waals surface area contributed by atoms with Crippen molar-refractivity contribution in [2.24, 2.45) is 0 Å². The van der Waals surface area contributed by atoms with E-state index in [1.165, 1.54) is 23.8 Å². The molecule has 2 aliphatic rings. The molecule has 0 bridgehead atoms. The lowest BCUT2D eigenvalue weighted by molar-refractivity contribution is -0.148. The molecule has 10 nitrogen and oxygen atoms in total. The number of benzene rings is 3. The van der Waals surface area contributed by atoms with Gasteiger partial charge in [-0.05, 0) is 67.7 Å². The number of aromatic nitrogens is 2. The minimum absolute atomic E-state index is 0.0594. The Labute approximate surface area is 311 Å². The summed E-state index contributed by atoms with van der Waals surface area (Å²) in [6, 6.07) is 31.3. The van der Waals surface area contributed by atoms with Gasteiger partial charge in [0.25, 0.3) is 5.56 Å². The molecule has 0 saturated carbocycles. The maximum Gasteiger partial charge on any atom is 0.363 e. The Balaban J connectivity index is 1.33. The second-order valence-electron chi connectivity index (χ2n) is 14.0. The van der Waals surface area contributed by atoms with Crippen LogP contribution in [0.1, 0.15) is 67.5 Å². The van der Waals surface area contributed by atoms with Gasteiger partial charge in [-0.1, -0.05) is 111 Å². The zero-order valence-corrected chi connectivity index (χ0v) is 32.1. The van der Waals surface area contributed by atoms with Crippen LogP contribution in [0.5, 0.6) is 0 Å². The van der Waals surface area contributed by atoms with E-state index in [-0.39, 0.29) is 6.61 Å². The molecule has 0 aliphatic carbocycles. The molecule has 3 atom stereocenters. The summed E-state index contributed by atoms with van der Waals surface area (Å²) in [4.78, 5) is 32.9. The van der Waals surface area contributed by atoms with Gasteiger partial charge < -0.3 is 14.2 Å². The molecule has 0 spiro atoms. The van der Waals surface area contributed by atoms with Crippen molar-refractivity contribution < 1.29 is 13.8 Å². The first-order chi connectivity index (χ1) is 25.1. The molecule has 3 heterocycles. The van der Waals surface area contributed by atoms with E-state index >= 15 is 0 Å². The van der Waals surface area contributed by atoms with E-state index in [1.807, 2.05) is 54.6 Å². The van der Waals surface area contributed by atoms with Crippen molar-refractivity contribution in [1.82, 2.24) is 24.0 Å². The molecular formula is C40H51ClN5O5P. The Morgan fingerprint density at radius 1 is 0.904 bits per heavy atom. The third-order valence-electron chi connectivity index (χ3n) is 10.6. The summed E-state index contributed by atoms with van der Waals surface area (Å²) in [6.45, 7) is 2.99. The van der Waals surface area contributed by atoms with E-state index in [0.717, 1.165) is 36.1 Å². The normalized spacial score (nSPS) is 20.6. The minimum Gasteiger partial charge on any atom is -0.350 e. The van der Waals surface area contributed by atoms with Crippen LogP contribution in [0.15, 0.2) is 107 Å². The highest BCUT2D eigenvalue weighted by Crippen LogP contribution is 2.57. The number of nitrogens with zero attached hydrogens (tertiary/aromatic N) is 4. The van der Waals surface area contributed by atoms with Gasteiger partial charge in [0.15, 0.2) is 6.23 Å². The Morgan fingerprint density at radius 3 is 2.00 bits per heavy atom. The Bertz CT molecular complexity index is 1810. The Kier molecular flexibility index (Phi) is 12.7. The zero-order valence-electron chi connectivity index (χ0n) is 30.4. The van der Waals surface area contributed by atoms with Crippen molar-refractivity contribution in [3.8, 4) is 0 Å². The number of aryl methyl sites for hydroxylation is 1. The fraction of sp³-hybridized carbons (Fsp3) is 0.450. The molecule has 278 valence electrons. The number of nitrogens with one attached hydrogen (secondary N) is 1. The highest BCUT2D eigenvalue weighted by Gasteiger charge is 2.47. The third kappa shape index (κ3) is 8.39. The number of piperidine rings is 1. The van der Waals surface area contributed by atoms with Crippen LogP contribution in [-0.4, -0.2) is 82.5 Å². The molecule has 4 aromatic rings. The molecule has 3 aromatic carbocycles. The molecule has 52 heavy (non-hydrogen) atoms. The van der Waals surface area contributed by atoms with Crippen molar-refractivity contribution in [1.29, 1.82) is 0 Å². The summed E-state index contributed by atoms with van der Waals surface area (Å²) >= 11 is 6.78. The van der Waals surface area contributed by atoms with Crippen molar-refractivity contribution in [2.75, 3.05) is 46.4 Å². The van der Waals surface area contributed by atoms with Gasteiger partial charge in [0, 0.05) is 44.0 Å². The van der Waals surface area contributed by atoms with E-state index in [9.17, 15) is 14.2 Å². The van der Waals surface area contributed by atoms with E-state index in [4.69, 9.17) is 20.5 Å². The van der Waals surface area contributed by atoms with Gasteiger partial charge in [-0.25, -0.2) is 9.46 Å². The molecule has 2 saturated heterocycles. The molecule has 6 rings (SSSR count). The first kappa shape index (κ1) is 38.4. The fourth-order valence-corrected chi connectivity index (χ4v) is 9.65. The summed E-state index contributed by atoms with van der Waals surface area (Å²) in [6.07, 6.45) is 5.40. The van der Waals surface area contributed by atoms with Crippen molar-refractivity contribution >= 4 is 18.1 Å². The van der Waals surface area contributed by atoms with E-state index in [2.05, 4.69) is 65.2 Å². The van der Waals surface area contributed by atoms with Gasteiger partial charge >= 0.3 is 12.6 Å². The second-order valence-corrected chi connectivity index (χ2v) is 17.0. The fourth-order valence-electron chi connectivity index (χ4n) is 7.80. The predicted octanol–water partition coefficient (Wildman–Crippen LogP) is 6.99. The first-order valence-electron chi connectivity index (χ1n) is 18.4. The van der Waals surface area contributed by atoms with Crippen LogP contribution in [0, 0.1) is 6.92 Å². The van der Waals surface area contributed by atoms with Crippen molar-refractivity contribution in [3.05, 3.63) is 140 Å². The minimum atomic E-state index is -3.70. The monoisotopic (exact) mass is 747 g/mol. The smallest absolute Gasteiger partial charge is 0.350 e. The summed E-state index contributed by atoms with van der Waals surface area (Å²) in [5, 5.41) is 0. The van der Waals surface area contributed by atoms with Gasteiger partial charge in [0.1, 0.15) is 0 Å². The van der Waals surface area contributed by atoms with Gasteiger partial charge in [-0.3, -0.25) is 23.8 Å². The number of ether oxygens (including phenoxy) is 1. The molecule has 3 unspecified atom stereocenters. The number of aromatic amines is 1. The lowest BCUT2D eigenvalue weighted by Crippen LogP contribution is -2.58. The quantitative estimate of drug-likeness (QED) is 0.0838. The maximum atomic E-state index is 14.0. The van der Waals surface area contributed by atoms with Crippen LogP contribution >= 0.6 is 18.1 Å². The molecule has 1 N–H and O–H groups in total. The lowest BCUT2D eigenvalue weighted by atomic mass is 9.75. The molecule has 1 aromatic heterocycles. The average molecular weight is 748 g/mol. The third-order valence-corrected chi connectivity index (χ3v) is 13.1. The van der Waals surface area contributed by atoms with Crippen molar-refractivity contribution in [2.45, 2.75) is 69.9 Å². The van der Waals surface area contributed by atoms with Gasteiger partial charge in [-0.15, -0.1) is 0 Å². The number of hydrogen-bond donors (Lipinski definition) is 1. The van der Waals surface area contributed by atoms with Crippen LogP contribution in [-0.2, 0) is 19.4 Å². The molecular weight excluding hydrogens is 697 g/mol.